The number of hydrogen-bond acceptors (Lipinski definition) is 6. The van der Waals surface area contributed by atoms with Gasteiger partial charge in [0.05, 0.1) is 30.6 Å². The number of nitrogens with one attached hydrogen (secondary N) is 3. The first kappa shape index (κ1) is 21.9. The lowest BCUT2D eigenvalue weighted by Gasteiger charge is -2.22. The third-order valence-corrected chi connectivity index (χ3v) is 5.73. The maximum absolute atomic E-state index is 11.7. The summed E-state index contributed by atoms with van der Waals surface area (Å²) in [4.78, 5) is 19.7. The Morgan fingerprint density at radius 3 is 2.97 bits per heavy atom. The van der Waals surface area contributed by atoms with E-state index in [2.05, 4.69) is 28.6 Å². The number of amides is 1. The highest BCUT2D eigenvalue weighted by Crippen LogP contribution is 2.35. The van der Waals surface area contributed by atoms with Crippen LogP contribution in [0.4, 0.5) is 16.2 Å². The molecule has 0 unspecified atom stereocenters. The van der Waals surface area contributed by atoms with Gasteiger partial charge in [0.1, 0.15) is 5.82 Å². The number of fused-ring (bicyclic) bond motifs is 4. The molecule has 1 aliphatic rings. The van der Waals surface area contributed by atoms with Crippen molar-refractivity contribution >= 4 is 17.5 Å². The van der Waals surface area contributed by atoms with Crippen LogP contribution in [0.2, 0.25) is 0 Å². The number of anilines is 2. The standard InChI is InChI=1S/C23H31N7O2/c1-3-11-30-12-10-19(29-30)18-7-5-4-6-17(24)22-25-14-21(28-22)16-9-8-15(13-20(16)27-18)26-23(31)32-2/h8-10,12-14,17-18,27H,3-7,11,24H2,1-2H3,(H,25,28)(H,26,31)/t17-,18-/m0/s1. The zero-order valence-electron chi connectivity index (χ0n) is 18.6. The average Bonchev–Trinajstić information content (AvgIpc) is 3.45. The van der Waals surface area contributed by atoms with E-state index in [4.69, 9.17) is 20.6 Å². The van der Waals surface area contributed by atoms with E-state index in [1.54, 1.807) is 0 Å². The van der Waals surface area contributed by atoms with Crippen molar-refractivity contribution in [1.29, 1.82) is 0 Å². The Balaban J connectivity index is 1.73. The van der Waals surface area contributed by atoms with Crippen molar-refractivity contribution in [2.75, 3.05) is 17.7 Å². The molecule has 1 amide bonds. The zero-order chi connectivity index (χ0) is 22.5. The van der Waals surface area contributed by atoms with Gasteiger partial charge in [-0.1, -0.05) is 19.8 Å². The van der Waals surface area contributed by atoms with Gasteiger partial charge in [-0.25, -0.2) is 9.78 Å². The number of aryl methyl sites for hydroxylation is 1. The van der Waals surface area contributed by atoms with Crippen LogP contribution in [0, 0.1) is 0 Å². The van der Waals surface area contributed by atoms with Crippen molar-refractivity contribution in [2.24, 2.45) is 5.73 Å². The molecular formula is C23H31N7O2. The van der Waals surface area contributed by atoms with Gasteiger partial charge < -0.3 is 20.8 Å². The molecule has 0 saturated heterocycles. The van der Waals surface area contributed by atoms with Gasteiger partial charge in [-0.05, 0) is 43.5 Å². The monoisotopic (exact) mass is 437 g/mol. The Labute approximate surface area is 187 Å². The zero-order valence-corrected chi connectivity index (χ0v) is 18.6. The van der Waals surface area contributed by atoms with Crippen LogP contribution in [-0.4, -0.2) is 33.0 Å². The van der Waals surface area contributed by atoms with E-state index in [0.717, 1.165) is 67.1 Å². The van der Waals surface area contributed by atoms with Crippen molar-refractivity contribution in [2.45, 2.75) is 57.7 Å². The lowest BCUT2D eigenvalue weighted by molar-refractivity contribution is 0.187. The number of rotatable bonds is 4. The normalized spacial score (nSPS) is 18.6. The fourth-order valence-corrected chi connectivity index (χ4v) is 4.05. The minimum Gasteiger partial charge on any atom is -0.453 e. The molecule has 1 aliphatic heterocycles. The van der Waals surface area contributed by atoms with Crippen molar-refractivity contribution in [1.82, 2.24) is 19.7 Å². The van der Waals surface area contributed by atoms with Crippen molar-refractivity contribution < 1.29 is 9.53 Å². The fourth-order valence-electron chi connectivity index (χ4n) is 4.05. The van der Waals surface area contributed by atoms with Gasteiger partial charge in [0.25, 0.3) is 0 Å². The summed E-state index contributed by atoms with van der Waals surface area (Å²) < 4.78 is 6.73. The van der Waals surface area contributed by atoms with Crippen LogP contribution in [0.25, 0.3) is 11.3 Å². The smallest absolute Gasteiger partial charge is 0.411 e. The van der Waals surface area contributed by atoms with E-state index >= 15 is 0 Å². The first-order valence-electron chi connectivity index (χ1n) is 11.2. The van der Waals surface area contributed by atoms with Gasteiger partial charge in [0, 0.05) is 35.9 Å². The molecule has 170 valence electrons. The van der Waals surface area contributed by atoms with Gasteiger partial charge in [-0.2, -0.15) is 5.10 Å². The second-order valence-corrected chi connectivity index (χ2v) is 8.14. The number of nitrogens with two attached hydrogens (primary N) is 1. The minimum atomic E-state index is -0.513. The van der Waals surface area contributed by atoms with Gasteiger partial charge in [0.15, 0.2) is 0 Å². The van der Waals surface area contributed by atoms with Crippen LogP contribution < -0.4 is 16.4 Å². The van der Waals surface area contributed by atoms with Crippen molar-refractivity contribution in [3.8, 4) is 11.3 Å². The molecule has 2 bridgehead atoms. The second-order valence-electron chi connectivity index (χ2n) is 8.14. The number of benzene rings is 1. The molecule has 4 rings (SSSR count). The van der Waals surface area contributed by atoms with E-state index in [1.807, 2.05) is 35.3 Å². The third kappa shape index (κ3) is 4.94. The summed E-state index contributed by atoms with van der Waals surface area (Å²) in [5.74, 6) is 0.790. The molecule has 0 radical (unpaired) electrons. The first-order chi connectivity index (χ1) is 15.6. The van der Waals surface area contributed by atoms with Crippen LogP contribution in [0.5, 0.6) is 0 Å². The molecule has 0 aliphatic carbocycles. The summed E-state index contributed by atoms with van der Waals surface area (Å²) in [6.45, 7) is 3.03. The quantitative estimate of drug-likeness (QED) is 0.473. The lowest BCUT2D eigenvalue weighted by Crippen LogP contribution is -2.16. The number of aromatic nitrogens is 4. The molecule has 2 aromatic heterocycles. The van der Waals surface area contributed by atoms with Crippen LogP contribution in [0.3, 0.4) is 0 Å². The number of H-pyrrole nitrogens is 1. The van der Waals surface area contributed by atoms with Crippen LogP contribution in [0.1, 0.15) is 62.6 Å². The number of carbonyl (C=O) groups excluding carboxylic acids is 1. The Morgan fingerprint density at radius 1 is 1.31 bits per heavy atom. The van der Waals surface area contributed by atoms with Crippen molar-refractivity contribution in [3.63, 3.8) is 0 Å². The van der Waals surface area contributed by atoms with E-state index < -0.39 is 6.09 Å². The SMILES string of the molecule is CCCn1ccc([C@@H]2CCCC[C@H](N)c3nc(c[nH]3)-c3ccc(NC(=O)OC)cc3N2)n1. The number of hydrogen-bond donors (Lipinski definition) is 4. The molecule has 3 aromatic rings. The Hall–Kier alpha value is -3.33. The topological polar surface area (TPSA) is 123 Å². The van der Waals surface area contributed by atoms with Gasteiger partial charge in [-0.15, -0.1) is 0 Å². The highest BCUT2D eigenvalue weighted by molar-refractivity contribution is 5.88. The fraction of sp³-hybridized carbons (Fsp3) is 0.435. The molecule has 32 heavy (non-hydrogen) atoms. The van der Waals surface area contributed by atoms with Crippen LogP contribution >= 0.6 is 0 Å². The third-order valence-electron chi connectivity index (χ3n) is 5.73. The number of methoxy groups -OCH3 is 1. The highest BCUT2D eigenvalue weighted by atomic mass is 16.5. The lowest BCUT2D eigenvalue weighted by atomic mass is 10.0. The number of aromatic amines is 1. The van der Waals surface area contributed by atoms with Gasteiger partial charge in [0.2, 0.25) is 0 Å². The molecular weight excluding hydrogens is 406 g/mol. The maximum Gasteiger partial charge on any atom is 0.411 e. The average molecular weight is 438 g/mol. The highest BCUT2D eigenvalue weighted by Gasteiger charge is 2.21. The molecule has 2 atom stereocenters. The molecule has 9 nitrogen and oxygen atoms in total. The van der Waals surface area contributed by atoms with Crippen molar-refractivity contribution in [3.05, 3.63) is 48.2 Å². The summed E-state index contributed by atoms with van der Waals surface area (Å²) >= 11 is 0. The maximum atomic E-state index is 11.7. The van der Waals surface area contributed by atoms with Gasteiger partial charge >= 0.3 is 6.09 Å². The second kappa shape index (κ2) is 9.86. The number of ether oxygens (including phenoxy) is 1. The molecule has 0 saturated carbocycles. The van der Waals surface area contributed by atoms with Gasteiger partial charge in [-0.3, -0.25) is 10.00 Å². The molecule has 1 aromatic carbocycles. The summed E-state index contributed by atoms with van der Waals surface area (Å²) in [6.07, 6.45) is 8.23. The Morgan fingerprint density at radius 2 is 2.16 bits per heavy atom. The van der Waals surface area contributed by atoms with E-state index in [-0.39, 0.29) is 12.1 Å². The molecule has 9 heteroatoms. The number of carbonyl (C=O) groups is 1. The van der Waals surface area contributed by atoms with Crippen LogP contribution in [-0.2, 0) is 11.3 Å². The summed E-state index contributed by atoms with van der Waals surface area (Å²) in [5, 5.41) is 11.2. The summed E-state index contributed by atoms with van der Waals surface area (Å²) in [5.41, 5.74) is 10.6. The number of nitrogens with zero attached hydrogens (tertiary/aromatic N) is 3. The molecule has 0 fully saturated rings. The van der Waals surface area contributed by atoms with E-state index in [9.17, 15) is 4.79 Å². The Bertz CT molecular complexity index is 1060. The predicted octanol–water partition coefficient (Wildman–Crippen LogP) is 4.59. The Kier molecular flexibility index (Phi) is 6.75. The van der Waals surface area contributed by atoms with Crippen LogP contribution in [0.15, 0.2) is 36.7 Å². The largest absolute Gasteiger partial charge is 0.453 e. The van der Waals surface area contributed by atoms with E-state index in [1.165, 1.54) is 7.11 Å². The molecule has 3 heterocycles. The predicted molar refractivity (Wildman–Crippen MR) is 124 cm³/mol. The minimum absolute atomic E-state index is 0.0225. The van der Waals surface area contributed by atoms with E-state index in [0.29, 0.717) is 5.69 Å². The summed E-state index contributed by atoms with van der Waals surface area (Å²) in [6, 6.07) is 7.66. The number of imidazole rings is 1. The first-order valence-corrected chi connectivity index (χ1v) is 11.2. The molecule has 0 spiro atoms. The molecule has 5 N–H and O–H groups in total. The summed E-state index contributed by atoms with van der Waals surface area (Å²) in [7, 11) is 1.35.